The Kier molecular flexibility index (Phi) is 3.75. The van der Waals surface area contributed by atoms with Crippen LogP contribution in [0.2, 0.25) is 0 Å². The molecule has 0 bridgehead atoms. The predicted octanol–water partition coefficient (Wildman–Crippen LogP) is 4.70. The lowest BCUT2D eigenvalue weighted by atomic mass is 10.0. The lowest BCUT2D eigenvalue weighted by Crippen LogP contribution is -1.95. The molecular weight excluding hydrogens is 252 g/mol. The molecule has 17 heavy (non-hydrogen) atoms. The molecule has 0 spiro atoms. The van der Waals surface area contributed by atoms with Gasteiger partial charge < -0.3 is 4.74 Å². The van der Waals surface area contributed by atoms with E-state index < -0.39 is 0 Å². The second-order valence-corrected chi connectivity index (χ2v) is 5.79. The molecule has 0 fully saturated rings. The van der Waals surface area contributed by atoms with Gasteiger partial charge in [0.05, 0.1) is 12.5 Å². The Morgan fingerprint density at radius 3 is 2.47 bits per heavy atom. The molecule has 0 saturated heterocycles. The van der Waals surface area contributed by atoms with Crippen LogP contribution in [0.25, 0.3) is 0 Å². The molecular formula is C14H15ClOS. The third-order valence-corrected chi connectivity index (χ3v) is 4.43. The maximum Gasteiger partial charge on any atom is 0.119 e. The van der Waals surface area contributed by atoms with Gasteiger partial charge in [0.25, 0.3) is 0 Å². The third kappa shape index (κ3) is 2.64. The second kappa shape index (κ2) is 5.11. The van der Waals surface area contributed by atoms with E-state index >= 15 is 0 Å². The number of alkyl halides is 1. The SMILES string of the molecule is COc1ccc(C(Cl)c2ccc(C)s2)c(C)c1. The number of ether oxygens (including phenoxy) is 1. The molecule has 1 unspecified atom stereocenters. The molecule has 0 saturated carbocycles. The monoisotopic (exact) mass is 266 g/mol. The van der Waals surface area contributed by atoms with Crippen molar-refractivity contribution in [1.29, 1.82) is 0 Å². The molecule has 2 rings (SSSR count). The zero-order valence-electron chi connectivity index (χ0n) is 10.2. The van der Waals surface area contributed by atoms with Gasteiger partial charge in [0.2, 0.25) is 0 Å². The summed E-state index contributed by atoms with van der Waals surface area (Å²) >= 11 is 8.26. The molecule has 2 aromatic rings. The van der Waals surface area contributed by atoms with E-state index in [1.807, 2.05) is 18.2 Å². The zero-order valence-corrected chi connectivity index (χ0v) is 11.7. The molecule has 1 atom stereocenters. The lowest BCUT2D eigenvalue weighted by Gasteiger charge is -2.12. The summed E-state index contributed by atoms with van der Waals surface area (Å²) in [6.45, 7) is 4.16. The molecule has 0 aliphatic carbocycles. The first-order valence-corrected chi connectivity index (χ1v) is 6.72. The molecule has 0 aliphatic heterocycles. The standard InChI is InChI=1S/C14H15ClOS/c1-9-8-11(16-3)5-6-12(9)14(15)13-7-4-10(2)17-13/h4-8,14H,1-3H3. The zero-order chi connectivity index (χ0) is 12.4. The first kappa shape index (κ1) is 12.5. The highest BCUT2D eigenvalue weighted by molar-refractivity contribution is 7.12. The Labute approximate surface area is 111 Å². The van der Waals surface area contributed by atoms with Crippen LogP contribution < -0.4 is 4.74 Å². The Morgan fingerprint density at radius 2 is 1.94 bits per heavy atom. The summed E-state index contributed by atoms with van der Waals surface area (Å²) in [6, 6.07) is 10.2. The quantitative estimate of drug-likeness (QED) is 0.732. The van der Waals surface area contributed by atoms with Crippen molar-refractivity contribution in [2.24, 2.45) is 0 Å². The van der Waals surface area contributed by atoms with E-state index in [1.165, 1.54) is 9.75 Å². The lowest BCUT2D eigenvalue weighted by molar-refractivity contribution is 0.414. The van der Waals surface area contributed by atoms with Crippen LogP contribution in [-0.2, 0) is 0 Å². The van der Waals surface area contributed by atoms with Crippen molar-refractivity contribution in [3.63, 3.8) is 0 Å². The number of hydrogen-bond acceptors (Lipinski definition) is 2. The topological polar surface area (TPSA) is 9.23 Å². The summed E-state index contributed by atoms with van der Waals surface area (Å²) in [6.07, 6.45) is 0. The van der Waals surface area contributed by atoms with Gasteiger partial charge in [0.1, 0.15) is 5.75 Å². The van der Waals surface area contributed by atoms with Crippen LogP contribution in [0, 0.1) is 13.8 Å². The molecule has 90 valence electrons. The van der Waals surface area contributed by atoms with Gasteiger partial charge >= 0.3 is 0 Å². The number of methoxy groups -OCH3 is 1. The van der Waals surface area contributed by atoms with Crippen LogP contribution in [0.4, 0.5) is 0 Å². The van der Waals surface area contributed by atoms with E-state index in [1.54, 1.807) is 18.4 Å². The maximum atomic E-state index is 6.52. The van der Waals surface area contributed by atoms with Crippen LogP contribution in [0.1, 0.15) is 26.3 Å². The normalized spacial score (nSPS) is 12.5. The van der Waals surface area contributed by atoms with Crippen LogP contribution >= 0.6 is 22.9 Å². The largest absolute Gasteiger partial charge is 0.497 e. The average Bonchev–Trinajstić information content (AvgIpc) is 2.75. The summed E-state index contributed by atoms with van der Waals surface area (Å²) in [5.41, 5.74) is 2.31. The number of benzene rings is 1. The fourth-order valence-electron chi connectivity index (χ4n) is 1.80. The molecule has 3 heteroatoms. The van der Waals surface area contributed by atoms with Gasteiger partial charge in [-0.05, 0) is 49.2 Å². The highest BCUT2D eigenvalue weighted by Crippen LogP contribution is 2.36. The summed E-state index contributed by atoms with van der Waals surface area (Å²) < 4.78 is 5.20. The second-order valence-electron chi connectivity index (χ2n) is 4.03. The highest BCUT2D eigenvalue weighted by atomic mass is 35.5. The number of thiophene rings is 1. The van der Waals surface area contributed by atoms with Crippen LogP contribution in [0.3, 0.4) is 0 Å². The number of halogens is 1. The van der Waals surface area contributed by atoms with E-state index in [4.69, 9.17) is 16.3 Å². The van der Waals surface area contributed by atoms with E-state index in [-0.39, 0.29) is 5.38 Å². The van der Waals surface area contributed by atoms with Crippen LogP contribution in [-0.4, -0.2) is 7.11 Å². The third-order valence-electron chi connectivity index (χ3n) is 2.76. The first-order valence-electron chi connectivity index (χ1n) is 5.46. The van der Waals surface area contributed by atoms with Crippen molar-refractivity contribution in [3.8, 4) is 5.75 Å². The van der Waals surface area contributed by atoms with Crippen molar-refractivity contribution in [1.82, 2.24) is 0 Å². The highest BCUT2D eigenvalue weighted by Gasteiger charge is 2.15. The first-order chi connectivity index (χ1) is 8.11. The van der Waals surface area contributed by atoms with Crippen LogP contribution in [0.15, 0.2) is 30.3 Å². The fraction of sp³-hybridized carbons (Fsp3) is 0.286. The Hall–Kier alpha value is -0.990. The minimum atomic E-state index is -0.0698. The maximum absolute atomic E-state index is 6.52. The van der Waals surface area contributed by atoms with Crippen molar-refractivity contribution in [2.75, 3.05) is 7.11 Å². The van der Waals surface area contributed by atoms with Gasteiger partial charge in [-0.25, -0.2) is 0 Å². The van der Waals surface area contributed by atoms with Crippen molar-refractivity contribution >= 4 is 22.9 Å². The summed E-state index contributed by atoms with van der Waals surface area (Å²) in [5.74, 6) is 0.873. The van der Waals surface area contributed by atoms with Gasteiger partial charge in [0, 0.05) is 9.75 Å². The summed E-state index contributed by atoms with van der Waals surface area (Å²) in [7, 11) is 1.68. The molecule has 0 amide bonds. The smallest absolute Gasteiger partial charge is 0.119 e. The van der Waals surface area contributed by atoms with Crippen molar-refractivity contribution in [2.45, 2.75) is 19.2 Å². The van der Waals surface area contributed by atoms with Gasteiger partial charge in [0.15, 0.2) is 0 Å². The summed E-state index contributed by atoms with van der Waals surface area (Å²) in [4.78, 5) is 2.48. The van der Waals surface area contributed by atoms with Gasteiger partial charge in [-0.3, -0.25) is 0 Å². The van der Waals surface area contributed by atoms with Crippen molar-refractivity contribution in [3.05, 3.63) is 51.2 Å². The van der Waals surface area contributed by atoms with E-state index in [9.17, 15) is 0 Å². The molecule has 1 aromatic carbocycles. The van der Waals surface area contributed by atoms with Crippen LogP contribution in [0.5, 0.6) is 5.75 Å². The fourth-order valence-corrected chi connectivity index (χ4v) is 3.13. The molecule has 1 aromatic heterocycles. The predicted molar refractivity (Wildman–Crippen MR) is 74.5 cm³/mol. The van der Waals surface area contributed by atoms with E-state index in [2.05, 4.69) is 26.0 Å². The Bertz CT molecular complexity index is 519. The average molecular weight is 267 g/mol. The Balaban J connectivity index is 2.34. The van der Waals surface area contributed by atoms with Crippen molar-refractivity contribution < 1.29 is 4.74 Å². The summed E-state index contributed by atoms with van der Waals surface area (Å²) in [5, 5.41) is -0.0698. The number of hydrogen-bond donors (Lipinski definition) is 0. The van der Waals surface area contributed by atoms with Gasteiger partial charge in [-0.2, -0.15) is 0 Å². The Morgan fingerprint density at radius 1 is 1.18 bits per heavy atom. The molecule has 1 heterocycles. The van der Waals surface area contributed by atoms with Gasteiger partial charge in [-0.15, -0.1) is 22.9 Å². The minimum Gasteiger partial charge on any atom is -0.497 e. The molecule has 0 radical (unpaired) electrons. The van der Waals surface area contributed by atoms with Gasteiger partial charge in [-0.1, -0.05) is 6.07 Å². The number of aryl methyl sites for hydroxylation is 2. The molecule has 1 nitrogen and oxygen atoms in total. The molecule has 0 aliphatic rings. The molecule has 0 N–H and O–H groups in total. The van der Waals surface area contributed by atoms with E-state index in [0.717, 1.165) is 16.9 Å². The number of rotatable bonds is 3. The minimum absolute atomic E-state index is 0.0698. The van der Waals surface area contributed by atoms with E-state index in [0.29, 0.717) is 0 Å².